The van der Waals surface area contributed by atoms with Crippen molar-refractivity contribution in [2.45, 2.75) is 19.3 Å². The van der Waals surface area contributed by atoms with Gasteiger partial charge < -0.3 is 25.2 Å². The summed E-state index contributed by atoms with van der Waals surface area (Å²) in [5, 5.41) is 13.8. The lowest BCUT2D eigenvalue weighted by atomic mass is 10.1. The standard InChI is InChI=1S/C20H24N2O5/c1-26-14-12-15-4-8-17(9-5-15)27-18-10-6-16(7-11-18)22-20(25)21-13-2-3-19(23)24/h4-11H,2-3,12-14H2,1H3,(H,23,24)(H2,21,22,25). The van der Waals surface area contributed by atoms with E-state index in [1.165, 1.54) is 5.56 Å². The fourth-order valence-corrected chi connectivity index (χ4v) is 2.30. The number of carboxylic acids is 1. The number of carbonyl (C=O) groups excluding carboxylic acids is 1. The highest BCUT2D eigenvalue weighted by Crippen LogP contribution is 2.23. The topological polar surface area (TPSA) is 96.9 Å². The third-order valence-electron chi connectivity index (χ3n) is 3.72. The zero-order valence-corrected chi connectivity index (χ0v) is 15.2. The lowest BCUT2D eigenvalue weighted by Gasteiger charge is -2.09. The number of rotatable bonds is 10. The van der Waals surface area contributed by atoms with E-state index in [0.29, 0.717) is 31.0 Å². The Kier molecular flexibility index (Phi) is 8.12. The van der Waals surface area contributed by atoms with Crippen molar-refractivity contribution >= 4 is 17.7 Å². The number of nitrogens with one attached hydrogen (secondary N) is 2. The number of methoxy groups -OCH3 is 1. The van der Waals surface area contributed by atoms with Crippen LogP contribution in [0.5, 0.6) is 11.5 Å². The van der Waals surface area contributed by atoms with Crippen LogP contribution in [0.1, 0.15) is 18.4 Å². The second kappa shape index (κ2) is 10.8. The van der Waals surface area contributed by atoms with Gasteiger partial charge in [-0.25, -0.2) is 4.79 Å². The Hall–Kier alpha value is -3.06. The summed E-state index contributed by atoms with van der Waals surface area (Å²) in [6.45, 7) is 0.988. The Labute approximate surface area is 158 Å². The molecule has 0 aliphatic rings. The minimum atomic E-state index is -0.877. The summed E-state index contributed by atoms with van der Waals surface area (Å²) in [5.41, 5.74) is 1.80. The molecular weight excluding hydrogens is 348 g/mol. The van der Waals surface area contributed by atoms with Crippen molar-refractivity contribution in [2.75, 3.05) is 25.6 Å². The van der Waals surface area contributed by atoms with Gasteiger partial charge in [-0.2, -0.15) is 0 Å². The number of urea groups is 1. The van der Waals surface area contributed by atoms with Gasteiger partial charge in [-0.15, -0.1) is 0 Å². The van der Waals surface area contributed by atoms with Gasteiger partial charge in [0.15, 0.2) is 0 Å². The summed E-state index contributed by atoms with van der Waals surface area (Å²) < 4.78 is 10.8. The molecule has 0 heterocycles. The SMILES string of the molecule is COCCc1ccc(Oc2ccc(NC(=O)NCCCC(=O)O)cc2)cc1. The minimum Gasteiger partial charge on any atom is -0.481 e. The summed E-state index contributed by atoms with van der Waals surface area (Å²) in [7, 11) is 1.68. The van der Waals surface area contributed by atoms with Crippen molar-refractivity contribution in [3.05, 3.63) is 54.1 Å². The van der Waals surface area contributed by atoms with Crippen LogP contribution in [0.3, 0.4) is 0 Å². The van der Waals surface area contributed by atoms with Crippen molar-refractivity contribution in [2.24, 2.45) is 0 Å². The van der Waals surface area contributed by atoms with Crippen LogP contribution in [0, 0.1) is 0 Å². The molecule has 0 fully saturated rings. The average Bonchev–Trinajstić information content (AvgIpc) is 2.66. The molecule has 0 aromatic heterocycles. The van der Waals surface area contributed by atoms with Gasteiger partial charge in [0.1, 0.15) is 11.5 Å². The lowest BCUT2D eigenvalue weighted by molar-refractivity contribution is -0.137. The predicted octanol–water partition coefficient (Wildman–Crippen LogP) is 3.65. The zero-order chi connectivity index (χ0) is 19.5. The molecule has 7 nitrogen and oxygen atoms in total. The Morgan fingerprint density at radius 2 is 1.63 bits per heavy atom. The number of carboxylic acid groups (broad SMARTS) is 1. The maximum atomic E-state index is 11.7. The molecule has 2 aromatic rings. The molecule has 7 heteroatoms. The summed E-state index contributed by atoms with van der Waals surface area (Å²) >= 11 is 0. The fourth-order valence-electron chi connectivity index (χ4n) is 2.30. The maximum Gasteiger partial charge on any atom is 0.319 e. The van der Waals surface area contributed by atoms with Crippen molar-refractivity contribution in [1.29, 1.82) is 0 Å². The van der Waals surface area contributed by atoms with Crippen LogP contribution < -0.4 is 15.4 Å². The molecule has 0 unspecified atom stereocenters. The predicted molar refractivity (Wildman–Crippen MR) is 102 cm³/mol. The van der Waals surface area contributed by atoms with Crippen molar-refractivity contribution in [3.8, 4) is 11.5 Å². The van der Waals surface area contributed by atoms with Crippen LogP contribution in [0.4, 0.5) is 10.5 Å². The average molecular weight is 372 g/mol. The molecule has 144 valence electrons. The van der Waals surface area contributed by atoms with Gasteiger partial charge in [0.05, 0.1) is 6.61 Å². The number of hydrogen-bond donors (Lipinski definition) is 3. The van der Waals surface area contributed by atoms with Gasteiger partial charge in [0, 0.05) is 25.8 Å². The van der Waals surface area contributed by atoms with Crippen LogP contribution in [0.25, 0.3) is 0 Å². The van der Waals surface area contributed by atoms with E-state index < -0.39 is 5.97 Å². The third-order valence-corrected chi connectivity index (χ3v) is 3.72. The van der Waals surface area contributed by atoms with Gasteiger partial charge in [-0.3, -0.25) is 4.79 Å². The molecule has 0 aliphatic carbocycles. The third kappa shape index (κ3) is 7.79. The molecule has 0 radical (unpaired) electrons. The molecule has 0 spiro atoms. The van der Waals surface area contributed by atoms with E-state index in [2.05, 4.69) is 10.6 Å². The van der Waals surface area contributed by atoms with Crippen LogP contribution in [-0.4, -0.2) is 37.4 Å². The van der Waals surface area contributed by atoms with E-state index in [1.54, 1.807) is 31.4 Å². The van der Waals surface area contributed by atoms with E-state index in [9.17, 15) is 9.59 Å². The molecule has 2 aromatic carbocycles. The van der Waals surface area contributed by atoms with Crippen LogP contribution in [-0.2, 0) is 16.0 Å². The highest BCUT2D eigenvalue weighted by atomic mass is 16.5. The molecule has 0 saturated heterocycles. The van der Waals surface area contributed by atoms with E-state index in [4.69, 9.17) is 14.6 Å². The Balaban J connectivity index is 1.79. The van der Waals surface area contributed by atoms with Crippen LogP contribution in [0.2, 0.25) is 0 Å². The van der Waals surface area contributed by atoms with Crippen LogP contribution in [0.15, 0.2) is 48.5 Å². The van der Waals surface area contributed by atoms with Gasteiger partial charge in [-0.1, -0.05) is 12.1 Å². The Bertz CT molecular complexity index is 729. The van der Waals surface area contributed by atoms with E-state index in [0.717, 1.165) is 12.2 Å². The molecular formula is C20H24N2O5. The molecule has 2 amide bonds. The van der Waals surface area contributed by atoms with Gasteiger partial charge in [-0.05, 0) is 54.8 Å². The minimum absolute atomic E-state index is 0.0275. The Morgan fingerprint density at radius 1 is 1.00 bits per heavy atom. The highest BCUT2D eigenvalue weighted by molar-refractivity contribution is 5.89. The number of aliphatic carboxylic acids is 1. The van der Waals surface area contributed by atoms with E-state index in [1.807, 2.05) is 24.3 Å². The lowest BCUT2D eigenvalue weighted by Crippen LogP contribution is -2.29. The van der Waals surface area contributed by atoms with E-state index >= 15 is 0 Å². The Morgan fingerprint density at radius 3 is 2.22 bits per heavy atom. The monoisotopic (exact) mass is 372 g/mol. The summed E-state index contributed by atoms with van der Waals surface area (Å²) in [6.07, 6.45) is 1.27. The zero-order valence-electron chi connectivity index (χ0n) is 15.2. The molecule has 0 aliphatic heterocycles. The van der Waals surface area contributed by atoms with E-state index in [-0.39, 0.29) is 12.5 Å². The van der Waals surface area contributed by atoms with Crippen molar-refractivity contribution in [3.63, 3.8) is 0 Å². The molecule has 0 bridgehead atoms. The first-order valence-corrected chi connectivity index (χ1v) is 8.69. The largest absolute Gasteiger partial charge is 0.481 e. The second-order valence-corrected chi connectivity index (χ2v) is 5.89. The number of benzene rings is 2. The number of amides is 2. The molecule has 2 rings (SSSR count). The highest BCUT2D eigenvalue weighted by Gasteiger charge is 2.03. The first kappa shape index (κ1) is 20.3. The van der Waals surface area contributed by atoms with Crippen molar-refractivity contribution in [1.82, 2.24) is 5.32 Å². The first-order valence-electron chi connectivity index (χ1n) is 8.69. The molecule has 0 saturated carbocycles. The second-order valence-electron chi connectivity index (χ2n) is 5.89. The summed E-state index contributed by atoms with van der Waals surface area (Å²) in [6, 6.07) is 14.4. The smallest absolute Gasteiger partial charge is 0.319 e. The van der Waals surface area contributed by atoms with Gasteiger partial charge >= 0.3 is 12.0 Å². The number of hydrogen-bond acceptors (Lipinski definition) is 4. The summed E-state index contributed by atoms with van der Waals surface area (Å²) in [4.78, 5) is 22.1. The molecule has 27 heavy (non-hydrogen) atoms. The summed E-state index contributed by atoms with van der Waals surface area (Å²) in [5.74, 6) is 0.512. The first-order chi connectivity index (χ1) is 13.1. The number of carbonyl (C=O) groups is 2. The number of ether oxygens (including phenoxy) is 2. The fraction of sp³-hybridized carbons (Fsp3) is 0.300. The van der Waals surface area contributed by atoms with Gasteiger partial charge in [0.25, 0.3) is 0 Å². The molecule has 0 atom stereocenters. The normalized spacial score (nSPS) is 10.3. The van der Waals surface area contributed by atoms with Crippen molar-refractivity contribution < 1.29 is 24.2 Å². The van der Waals surface area contributed by atoms with Crippen LogP contribution >= 0.6 is 0 Å². The number of anilines is 1. The maximum absolute atomic E-state index is 11.7. The van der Waals surface area contributed by atoms with Gasteiger partial charge in [0.2, 0.25) is 0 Å². The quantitative estimate of drug-likeness (QED) is 0.553. The molecule has 3 N–H and O–H groups in total.